The lowest BCUT2D eigenvalue weighted by molar-refractivity contribution is -0.148. The molecule has 0 aromatic heterocycles. The summed E-state index contributed by atoms with van der Waals surface area (Å²) in [5.74, 6) is -6.35. The maximum absolute atomic E-state index is 12.7. The van der Waals surface area contributed by atoms with E-state index in [1.54, 1.807) is 41.5 Å². The number of alkyl carbamates (subject to hydrolysis) is 2. The van der Waals surface area contributed by atoms with Gasteiger partial charge in [0.1, 0.15) is 50.5 Å². The van der Waals surface area contributed by atoms with Gasteiger partial charge in [-0.2, -0.15) is 0 Å². The van der Waals surface area contributed by atoms with Crippen LogP contribution in [0.1, 0.15) is 41.5 Å². The van der Waals surface area contributed by atoms with Crippen LogP contribution in [-0.2, 0) is 57.3 Å². The first-order valence-corrected chi connectivity index (χ1v) is 15.7. The molecule has 52 heavy (non-hydrogen) atoms. The average molecular weight is 747 g/mol. The minimum Gasteiger partial charge on any atom is -0.468 e. The number of carbonyl (C=O) groups is 10. The van der Waals surface area contributed by atoms with E-state index in [1.165, 1.54) is 0 Å². The highest BCUT2D eigenvalue weighted by Gasteiger charge is 2.24. The zero-order chi connectivity index (χ0) is 40.1. The summed E-state index contributed by atoms with van der Waals surface area (Å²) in [4.78, 5) is 123. The van der Waals surface area contributed by atoms with Crippen molar-refractivity contribution in [3.63, 3.8) is 0 Å². The van der Waals surface area contributed by atoms with Crippen LogP contribution in [0.5, 0.6) is 0 Å². The maximum Gasteiger partial charge on any atom is 0.408 e. The van der Waals surface area contributed by atoms with Gasteiger partial charge in [0.25, 0.3) is 0 Å². The number of hydrogen-bond donors (Lipinski definition) is 6. The lowest BCUT2D eigenvalue weighted by Gasteiger charge is -2.22. The van der Waals surface area contributed by atoms with Crippen LogP contribution in [-0.4, -0.2) is 160 Å². The van der Waals surface area contributed by atoms with Crippen molar-refractivity contribution in [1.82, 2.24) is 41.7 Å². The van der Waals surface area contributed by atoms with Crippen molar-refractivity contribution in [2.75, 3.05) is 79.7 Å². The Morgan fingerprint density at radius 1 is 0.442 bits per heavy atom. The Bertz CT molecular complexity index is 1210. The van der Waals surface area contributed by atoms with Crippen molar-refractivity contribution in [2.45, 2.75) is 52.7 Å². The van der Waals surface area contributed by atoms with Crippen molar-refractivity contribution in [3.05, 3.63) is 0 Å². The van der Waals surface area contributed by atoms with Crippen molar-refractivity contribution < 1.29 is 66.9 Å². The molecule has 0 aliphatic rings. The molecule has 0 aliphatic heterocycles. The number of ether oxygens (including phenoxy) is 4. The van der Waals surface area contributed by atoms with E-state index in [9.17, 15) is 47.9 Å². The van der Waals surface area contributed by atoms with Crippen LogP contribution in [0.4, 0.5) is 9.59 Å². The minimum absolute atomic E-state index is 0.163. The number of carbonyl (C=O) groups excluding carboxylic acids is 10. The molecule has 0 aromatic carbocycles. The number of nitrogens with zero attached hydrogens (tertiary/aromatic N) is 2. The van der Waals surface area contributed by atoms with Crippen LogP contribution < -0.4 is 31.9 Å². The quantitative estimate of drug-likeness (QED) is 0.0425. The highest BCUT2D eigenvalue weighted by atomic mass is 16.6. The van der Waals surface area contributed by atoms with Gasteiger partial charge in [-0.15, -0.1) is 0 Å². The normalized spacial score (nSPS) is 10.7. The Kier molecular flexibility index (Phi) is 20.4. The Morgan fingerprint density at radius 2 is 0.769 bits per heavy atom. The Hall–Kier alpha value is -5.70. The lowest BCUT2D eigenvalue weighted by atomic mass is 10.2. The molecule has 0 saturated carbocycles. The van der Waals surface area contributed by atoms with Gasteiger partial charge in [-0.1, -0.05) is 0 Å². The highest BCUT2D eigenvalue weighted by molar-refractivity contribution is 5.92. The van der Waals surface area contributed by atoms with E-state index in [2.05, 4.69) is 41.4 Å². The maximum atomic E-state index is 12.7. The Morgan fingerprint density at radius 3 is 1.06 bits per heavy atom. The molecule has 8 amide bonds. The first-order valence-electron chi connectivity index (χ1n) is 15.7. The molecule has 0 radical (unpaired) electrons. The van der Waals surface area contributed by atoms with E-state index < -0.39 is 123 Å². The number of nitrogens with one attached hydrogen (secondary N) is 6. The summed E-state index contributed by atoms with van der Waals surface area (Å²) in [6.07, 6.45) is -1.70. The zero-order valence-electron chi connectivity index (χ0n) is 30.7. The molecule has 0 atom stereocenters. The van der Waals surface area contributed by atoms with Gasteiger partial charge in [-0.3, -0.25) is 38.4 Å². The molecule has 0 unspecified atom stereocenters. The first-order chi connectivity index (χ1) is 24.0. The van der Waals surface area contributed by atoms with E-state index in [0.29, 0.717) is 0 Å². The molecule has 22 nitrogen and oxygen atoms in total. The fourth-order valence-electron chi connectivity index (χ4n) is 3.40. The molecule has 0 rings (SSSR count). The molecule has 0 fully saturated rings. The average Bonchev–Trinajstić information content (AvgIpc) is 3.03. The van der Waals surface area contributed by atoms with Crippen LogP contribution in [0.25, 0.3) is 0 Å². The predicted molar refractivity (Wildman–Crippen MR) is 178 cm³/mol. The molecule has 22 heteroatoms. The smallest absolute Gasteiger partial charge is 0.408 e. The van der Waals surface area contributed by atoms with E-state index in [4.69, 9.17) is 9.47 Å². The molecule has 0 heterocycles. The number of hydrogen-bond acceptors (Lipinski definition) is 14. The second-order valence-electron chi connectivity index (χ2n) is 12.6. The van der Waals surface area contributed by atoms with E-state index in [0.717, 1.165) is 24.0 Å². The largest absolute Gasteiger partial charge is 0.468 e. The Balaban J connectivity index is 4.91. The van der Waals surface area contributed by atoms with Crippen molar-refractivity contribution >= 4 is 59.6 Å². The molecule has 0 bridgehead atoms. The second-order valence-corrected chi connectivity index (χ2v) is 12.6. The third kappa shape index (κ3) is 23.6. The Labute approximate surface area is 300 Å². The molecule has 0 aliphatic carbocycles. The van der Waals surface area contributed by atoms with E-state index >= 15 is 0 Å². The summed E-state index contributed by atoms with van der Waals surface area (Å²) in [5, 5.41) is 13.8. The van der Waals surface area contributed by atoms with Crippen LogP contribution in [0, 0.1) is 0 Å². The van der Waals surface area contributed by atoms with Gasteiger partial charge in [0.15, 0.2) is 0 Å². The van der Waals surface area contributed by atoms with Crippen LogP contribution in [0.2, 0.25) is 0 Å². The van der Waals surface area contributed by atoms with Gasteiger partial charge in [-0.05, 0) is 41.5 Å². The molecule has 294 valence electrons. The third-order valence-electron chi connectivity index (χ3n) is 5.70. The molecule has 6 N–H and O–H groups in total. The summed E-state index contributed by atoms with van der Waals surface area (Å²) in [7, 11) is 2.14. The summed E-state index contributed by atoms with van der Waals surface area (Å²) < 4.78 is 19.1. The van der Waals surface area contributed by atoms with Gasteiger partial charge in [-0.25, -0.2) is 9.59 Å². The lowest BCUT2D eigenvalue weighted by Crippen LogP contribution is -2.50. The SMILES string of the molecule is COC(=O)CN(CC(=O)NCCNC(=O)CN(CC(=O)OC)C(=O)CNC(=O)CNC(=O)OC(C)(C)C)C(=O)CNC(=O)CNC(=O)OC(C)(C)C. The monoisotopic (exact) mass is 746 g/mol. The summed E-state index contributed by atoms with van der Waals surface area (Å²) in [6, 6.07) is 0. The zero-order valence-corrected chi connectivity index (χ0v) is 30.7. The first kappa shape index (κ1) is 46.3. The number of amides is 8. The number of esters is 2. The molecule has 0 aromatic rings. The van der Waals surface area contributed by atoms with Gasteiger partial charge in [0, 0.05) is 13.1 Å². The standard InChI is InChI=1S/C30H50N8O14/c1-29(2,3)51-27(47)35-11-19(39)33-13-23(43)37(17-25(45)49-7)15-21(41)31-9-10-32-22(42)16-38(18-26(46)50-8)24(44)14-34-20(40)12-36-28(48)52-30(4,5)6/h9-18H2,1-8H3,(H,31,41)(H,32,42)(H,33,39)(H,34,40)(H,35,47)(H,36,48). The van der Waals surface area contributed by atoms with E-state index in [1.807, 2.05) is 0 Å². The summed E-state index contributed by atoms with van der Waals surface area (Å²) >= 11 is 0. The van der Waals surface area contributed by atoms with Crippen molar-refractivity contribution in [3.8, 4) is 0 Å². The highest BCUT2D eigenvalue weighted by Crippen LogP contribution is 2.07. The number of rotatable bonds is 19. The minimum atomic E-state index is -0.852. The van der Waals surface area contributed by atoms with Crippen molar-refractivity contribution in [1.29, 1.82) is 0 Å². The van der Waals surface area contributed by atoms with Crippen LogP contribution in [0.15, 0.2) is 0 Å². The van der Waals surface area contributed by atoms with Gasteiger partial charge < -0.3 is 60.6 Å². The third-order valence-corrected chi connectivity index (χ3v) is 5.70. The summed E-state index contributed by atoms with van der Waals surface area (Å²) in [6.45, 7) is 4.68. The molecule has 0 spiro atoms. The van der Waals surface area contributed by atoms with Crippen LogP contribution >= 0.6 is 0 Å². The van der Waals surface area contributed by atoms with Gasteiger partial charge in [0.2, 0.25) is 35.4 Å². The fraction of sp³-hybridized carbons (Fsp3) is 0.667. The van der Waals surface area contributed by atoms with Crippen LogP contribution in [0.3, 0.4) is 0 Å². The van der Waals surface area contributed by atoms with Crippen molar-refractivity contribution in [2.24, 2.45) is 0 Å². The molecular weight excluding hydrogens is 696 g/mol. The molecule has 0 saturated heterocycles. The molecular formula is C30H50N8O14. The fourth-order valence-corrected chi connectivity index (χ4v) is 3.40. The van der Waals surface area contributed by atoms with E-state index in [-0.39, 0.29) is 13.1 Å². The van der Waals surface area contributed by atoms with Gasteiger partial charge >= 0.3 is 24.1 Å². The summed E-state index contributed by atoms with van der Waals surface area (Å²) in [5.41, 5.74) is -1.59. The predicted octanol–water partition coefficient (Wildman–Crippen LogP) is -3.50. The second kappa shape index (κ2) is 22.9. The number of methoxy groups -OCH3 is 2. The topological polar surface area (TPSA) is 286 Å². The van der Waals surface area contributed by atoms with Gasteiger partial charge in [0.05, 0.1) is 27.3 Å².